The standard InChI is InChI=1S/C30H20N4/c1-2-7-23(8-3-1)34-27-11-5-4-9-24(27)25-14-13-22-17-20-33(29(22)30(25)34)28-12-6-10-26(32-28)21-15-18-31-19-16-21/h1-20H. The fraction of sp³-hybridized carbons (Fsp3) is 0. The van der Waals surface area contributed by atoms with Gasteiger partial charge < -0.3 is 4.57 Å². The van der Waals surface area contributed by atoms with Crippen LogP contribution in [0.2, 0.25) is 0 Å². The molecule has 3 aromatic carbocycles. The number of para-hydroxylation sites is 2. The highest BCUT2D eigenvalue weighted by atomic mass is 15.1. The van der Waals surface area contributed by atoms with Crippen molar-refractivity contribution < 1.29 is 0 Å². The molecule has 34 heavy (non-hydrogen) atoms. The summed E-state index contributed by atoms with van der Waals surface area (Å²) in [5.41, 5.74) is 6.66. The largest absolute Gasteiger partial charge is 0.307 e. The third kappa shape index (κ3) is 2.79. The van der Waals surface area contributed by atoms with Gasteiger partial charge in [-0.15, -0.1) is 0 Å². The van der Waals surface area contributed by atoms with Crippen LogP contribution in [0.1, 0.15) is 0 Å². The van der Waals surface area contributed by atoms with E-state index in [1.165, 1.54) is 27.2 Å². The Labute approximate surface area is 196 Å². The normalized spacial score (nSPS) is 11.5. The van der Waals surface area contributed by atoms with Crippen molar-refractivity contribution >= 4 is 32.7 Å². The monoisotopic (exact) mass is 436 g/mol. The van der Waals surface area contributed by atoms with Gasteiger partial charge in [0.25, 0.3) is 0 Å². The van der Waals surface area contributed by atoms with Crippen molar-refractivity contribution in [2.45, 2.75) is 0 Å². The molecule has 7 aromatic rings. The Kier molecular flexibility index (Phi) is 4.11. The van der Waals surface area contributed by atoms with E-state index in [0.29, 0.717) is 0 Å². The van der Waals surface area contributed by atoms with Gasteiger partial charge in [0.1, 0.15) is 5.82 Å². The number of hydrogen-bond donors (Lipinski definition) is 0. The van der Waals surface area contributed by atoms with Crippen LogP contribution < -0.4 is 0 Å². The molecule has 0 unspecified atom stereocenters. The highest BCUT2D eigenvalue weighted by Gasteiger charge is 2.18. The predicted molar refractivity (Wildman–Crippen MR) is 139 cm³/mol. The van der Waals surface area contributed by atoms with Crippen LogP contribution in [0, 0.1) is 0 Å². The second-order valence-electron chi connectivity index (χ2n) is 8.39. The molecule has 0 aliphatic carbocycles. The van der Waals surface area contributed by atoms with Crippen LogP contribution in [-0.4, -0.2) is 19.1 Å². The zero-order valence-corrected chi connectivity index (χ0v) is 18.3. The van der Waals surface area contributed by atoms with Gasteiger partial charge in [-0.2, -0.15) is 0 Å². The topological polar surface area (TPSA) is 35.6 Å². The number of hydrogen-bond acceptors (Lipinski definition) is 2. The van der Waals surface area contributed by atoms with Crippen molar-refractivity contribution in [3.63, 3.8) is 0 Å². The first-order valence-electron chi connectivity index (χ1n) is 11.3. The summed E-state index contributed by atoms with van der Waals surface area (Å²) < 4.78 is 4.58. The lowest BCUT2D eigenvalue weighted by Gasteiger charge is -2.12. The molecule has 0 amide bonds. The lowest BCUT2D eigenvalue weighted by molar-refractivity contribution is 1.04. The Morgan fingerprint density at radius 1 is 0.588 bits per heavy atom. The molecule has 0 radical (unpaired) electrons. The number of pyridine rings is 2. The van der Waals surface area contributed by atoms with Gasteiger partial charge in [0.2, 0.25) is 0 Å². The molecule has 0 aliphatic heterocycles. The third-order valence-electron chi connectivity index (χ3n) is 6.46. The van der Waals surface area contributed by atoms with E-state index in [2.05, 4.69) is 105 Å². The van der Waals surface area contributed by atoms with Crippen molar-refractivity contribution in [3.8, 4) is 22.8 Å². The summed E-state index contributed by atoms with van der Waals surface area (Å²) in [6, 6.07) is 36.0. The Balaban J connectivity index is 1.58. The maximum atomic E-state index is 5.02. The molecule has 4 heterocycles. The van der Waals surface area contributed by atoms with Gasteiger partial charge in [-0.25, -0.2) is 4.98 Å². The first-order chi connectivity index (χ1) is 16.9. The molecule has 0 N–H and O–H groups in total. The van der Waals surface area contributed by atoms with E-state index < -0.39 is 0 Å². The average molecular weight is 437 g/mol. The average Bonchev–Trinajstić information content (AvgIpc) is 3.49. The third-order valence-corrected chi connectivity index (χ3v) is 6.46. The minimum absolute atomic E-state index is 0.890. The van der Waals surface area contributed by atoms with E-state index in [9.17, 15) is 0 Å². The highest BCUT2D eigenvalue weighted by Crippen LogP contribution is 2.37. The molecule has 0 spiro atoms. The molecule has 0 bridgehead atoms. The fourth-order valence-electron chi connectivity index (χ4n) is 4.95. The summed E-state index contributed by atoms with van der Waals surface area (Å²) >= 11 is 0. The minimum Gasteiger partial charge on any atom is -0.307 e. The maximum absolute atomic E-state index is 5.02. The Bertz CT molecular complexity index is 1790. The first-order valence-corrected chi connectivity index (χ1v) is 11.3. The van der Waals surface area contributed by atoms with Gasteiger partial charge in [0, 0.05) is 46.0 Å². The molecule has 0 saturated heterocycles. The van der Waals surface area contributed by atoms with E-state index in [4.69, 9.17) is 4.98 Å². The predicted octanol–water partition coefficient (Wildman–Crippen LogP) is 7.18. The zero-order valence-electron chi connectivity index (χ0n) is 18.3. The molecule has 0 aliphatic rings. The van der Waals surface area contributed by atoms with Crippen LogP contribution in [0.5, 0.6) is 0 Å². The summed E-state index contributed by atoms with van der Waals surface area (Å²) in [6.45, 7) is 0. The SMILES string of the molecule is c1ccc(-n2c3ccccc3c3ccc4ccn(-c5cccc(-c6ccncc6)n5)c4c32)cc1. The lowest BCUT2D eigenvalue weighted by atomic mass is 10.1. The van der Waals surface area contributed by atoms with Gasteiger partial charge in [0.15, 0.2) is 0 Å². The summed E-state index contributed by atoms with van der Waals surface area (Å²) in [5.74, 6) is 0.890. The summed E-state index contributed by atoms with van der Waals surface area (Å²) in [4.78, 5) is 9.17. The lowest BCUT2D eigenvalue weighted by Crippen LogP contribution is -2.00. The molecule has 0 saturated carbocycles. The second-order valence-corrected chi connectivity index (χ2v) is 8.39. The summed E-state index contributed by atoms with van der Waals surface area (Å²) in [5, 5.41) is 3.66. The van der Waals surface area contributed by atoms with Gasteiger partial charge in [-0.1, -0.05) is 54.6 Å². The van der Waals surface area contributed by atoms with Gasteiger partial charge >= 0.3 is 0 Å². The number of rotatable bonds is 3. The van der Waals surface area contributed by atoms with Gasteiger partial charge in [-0.3, -0.25) is 9.55 Å². The van der Waals surface area contributed by atoms with Crippen molar-refractivity contribution in [1.29, 1.82) is 0 Å². The molecule has 4 heteroatoms. The Hall–Kier alpha value is -4.70. The molecule has 4 nitrogen and oxygen atoms in total. The van der Waals surface area contributed by atoms with Crippen LogP contribution in [0.15, 0.2) is 122 Å². The van der Waals surface area contributed by atoms with Crippen LogP contribution >= 0.6 is 0 Å². The molecular weight excluding hydrogens is 416 g/mol. The number of nitrogens with zero attached hydrogens (tertiary/aromatic N) is 4. The highest BCUT2D eigenvalue weighted by molar-refractivity contribution is 6.18. The van der Waals surface area contributed by atoms with Crippen molar-refractivity contribution in [1.82, 2.24) is 19.1 Å². The molecule has 7 rings (SSSR count). The van der Waals surface area contributed by atoms with Crippen molar-refractivity contribution in [3.05, 3.63) is 122 Å². The van der Waals surface area contributed by atoms with E-state index in [1.807, 2.05) is 18.2 Å². The van der Waals surface area contributed by atoms with Crippen LogP contribution in [0.4, 0.5) is 0 Å². The van der Waals surface area contributed by atoms with Gasteiger partial charge in [0.05, 0.1) is 22.2 Å². The zero-order chi connectivity index (χ0) is 22.5. The smallest absolute Gasteiger partial charge is 0.137 e. The fourth-order valence-corrected chi connectivity index (χ4v) is 4.95. The number of aromatic nitrogens is 4. The van der Waals surface area contributed by atoms with E-state index in [-0.39, 0.29) is 0 Å². The molecule has 160 valence electrons. The molecule has 4 aromatic heterocycles. The van der Waals surface area contributed by atoms with E-state index >= 15 is 0 Å². The van der Waals surface area contributed by atoms with Crippen LogP contribution in [0.3, 0.4) is 0 Å². The van der Waals surface area contributed by atoms with Gasteiger partial charge in [-0.05, 0) is 48.5 Å². The van der Waals surface area contributed by atoms with Crippen molar-refractivity contribution in [2.24, 2.45) is 0 Å². The summed E-state index contributed by atoms with van der Waals surface area (Å²) in [6.07, 6.45) is 5.73. The van der Waals surface area contributed by atoms with E-state index in [0.717, 1.165) is 28.3 Å². The summed E-state index contributed by atoms with van der Waals surface area (Å²) in [7, 11) is 0. The van der Waals surface area contributed by atoms with Crippen LogP contribution in [-0.2, 0) is 0 Å². The Morgan fingerprint density at radius 3 is 2.29 bits per heavy atom. The van der Waals surface area contributed by atoms with Crippen molar-refractivity contribution in [2.75, 3.05) is 0 Å². The quantitative estimate of drug-likeness (QED) is 0.294. The van der Waals surface area contributed by atoms with Crippen LogP contribution in [0.25, 0.3) is 55.5 Å². The first kappa shape index (κ1) is 18.8. The number of benzene rings is 3. The Morgan fingerprint density at radius 2 is 1.41 bits per heavy atom. The maximum Gasteiger partial charge on any atom is 0.137 e. The molecular formula is C30H20N4. The minimum atomic E-state index is 0.890. The second kappa shape index (κ2) is 7.42. The molecule has 0 atom stereocenters. The van der Waals surface area contributed by atoms with E-state index in [1.54, 1.807) is 12.4 Å². The number of fused-ring (bicyclic) bond motifs is 5. The molecule has 0 fully saturated rings.